The van der Waals surface area contributed by atoms with E-state index in [-0.39, 0.29) is 46.0 Å². The zero-order chi connectivity index (χ0) is 28.6. The number of phenols is 8. The number of phenolic OH excluding ortho intramolecular Hbond substituents is 8. The second-order valence-electron chi connectivity index (χ2n) is 9.53. The van der Waals surface area contributed by atoms with Gasteiger partial charge in [-0.05, 0) is 81.9 Å². The Morgan fingerprint density at radius 1 is 0.250 bits per heavy atom. The fraction of sp³-hybridized carbons (Fsp3) is 0.0625. The van der Waals surface area contributed by atoms with Gasteiger partial charge in [0, 0.05) is 11.8 Å². The zero-order valence-corrected chi connectivity index (χ0v) is 21.0. The van der Waals surface area contributed by atoms with Crippen molar-refractivity contribution >= 4 is 0 Å². The molecule has 0 heterocycles. The van der Waals surface area contributed by atoms with Crippen LogP contribution in [-0.4, -0.2) is 40.9 Å². The maximum Gasteiger partial charge on any atom is 0.157 e. The van der Waals surface area contributed by atoms with Crippen LogP contribution in [-0.2, 0) is 0 Å². The van der Waals surface area contributed by atoms with Crippen molar-refractivity contribution in [1.29, 1.82) is 0 Å². The molecule has 0 aliphatic rings. The summed E-state index contributed by atoms with van der Waals surface area (Å²) in [5.74, 6) is -3.31. The highest BCUT2D eigenvalue weighted by atomic mass is 16.3. The van der Waals surface area contributed by atoms with Gasteiger partial charge >= 0.3 is 0 Å². The Hall–Kier alpha value is -5.50. The van der Waals surface area contributed by atoms with Gasteiger partial charge in [0.25, 0.3) is 0 Å². The molecule has 0 aliphatic heterocycles. The van der Waals surface area contributed by atoms with Crippen LogP contribution in [0.15, 0.2) is 97.1 Å². The van der Waals surface area contributed by atoms with E-state index in [4.69, 9.17) is 0 Å². The summed E-state index contributed by atoms with van der Waals surface area (Å²) in [6.45, 7) is 0. The first kappa shape index (κ1) is 26.1. The van der Waals surface area contributed by atoms with E-state index in [0.717, 1.165) is 11.1 Å². The predicted molar refractivity (Wildman–Crippen MR) is 147 cm³/mol. The smallest absolute Gasteiger partial charge is 0.157 e. The normalized spacial score (nSPS) is 11.2. The number of rotatable bonds is 6. The van der Waals surface area contributed by atoms with Crippen LogP contribution in [0.5, 0.6) is 46.0 Å². The molecular weight excluding hydrogens is 512 g/mol. The molecule has 0 aromatic heterocycles. The van der Waals surface area contributed by atoms with Gasteiger partial charge < -0.3 is 40.9 Å². The molecule has 8 N–H and O–H groups in total. The molecule has 0 saturated heterocycles. The summed E-state index contributed by atoms with van der Waals surface area (Å²) in [6, 6.07) is 25.2. The molecule has 0 fully saturated rings. The van der Waals surface area contributed by atoms with Gasteiger partial charge in [0.2, 0.25) is 0 Å². The summed E-state index contributed by atoms with van der Waals surface area (Å²) in [5.41, 5.74) is 4.01. The van der Waals surface area contributed by atoms with E-state index < -0.39 is 11.8 Å². The largest absolute Gasteiger partial charge is 0.504 e. The summed E-state index contributed by atoms with van der Waals surface area (Å²) in [7, 11) is 0. The minimum Gasteiger partial charge on any atom is -0.504 e. The highest BCUT2D eigenvalue weighted by Crippen LogP contribution is 2.42. The van der Waals surface area contributed by atoms with Gasteiger partial charge in [-0.2, -0.15) is 0 Å². The topological polar surface area (TPSA) is 162 Å². The SMILES string of the molecule is Oc1ccc(C(c2ccc(C(c3ccc(O)c(O)c3)c3ccc(O)c(O)c3)cc2)c2ccc(O)c(O)c2)cc1O. The van der Waals surface area contributed by atoms with E-state index in [9.17, 15) is 40.9 Å². The van der Waals surface area contributed by atoms with Crippen LogP contribution in [0.1, 0.15) is 45.2 Å². The number of benzene rings is 5. The van der Waals surface area contributed by atoms with Gasteiger partial charge in [-0.1, -0.05) is 48.5 Å². The van der Waals surface area contributed by atoms with Gasteiger partial charge in [0.15, 0.2) is 46.0 Å². The summed E-state index contributed by atoms with van der Waals surface area (Å²) in [4.78, 5) is 0. The van der Waals surface area contributed by atoms with Crippen LogP contribution in [0.25, 0.3) is 0 Å². The lowest BCUT2D eigenvalue weighted by atomic mass is 9.81. The van der Waals surface area contributed by atoms with E-state index >= 15 is 0 Å². The summed E-state index contributed by atoms with van der Waals surface area (Å²) >= 11 is 0. The molecule has 5 aromatic rings. The summed E-state index contributed by atoms with van der Waals surface area (Å²) in [6.07, 6.45) is 0. The predicted octanol–water partition coefficient (Wildman–Crippen LogP) is 5.69. The number of aromatic hydroxyl groups is 8. The lowest BCUT2D eigenvalue weighted by Gasteiger charge is -2.23. The second-order valence-corrected chi connectivity index (χ2v) is 9.53. The average molecular weight is 539 g/mol. The molecule has 0 aliphatic carbocycles. The molecule has 0 atom stereocenters. The van der Waals surface area contributed by atoms with Crippen molar-refractivity contribution in [2.75, 3.05) is 0 Å². The van der Waals surface area contributed by atoms with Crippen molar-refractivity contribution in [3.8, 4) is 46.0 Å². The van der Waals surface area contributed by atoms with Crippen LogP contribution in [0.2, 0.25) is 0 Å². The van der Waals surface area contributed by atoms with Gasteiger partial charge in [0.1, 0.15) is 0 Å². The molecule has 8 nitrogen and oxygen atoms in total. The fourth-order valence-electron chi connectivity index (χ4n) is 4.92. The average Bonchev–Trinajstić information content (AvgIpc) is 2.93. The lowest BCUT2D eigenvalue weighted by molar-refractivity contribution is 0.402. The highest BCUT2D eigenvalue weighted by Gasteiger charge is 2.23. The maximum absolute atomic E-state index is 10.2. The van der Waals surface area contributed by atoms with Crippen molar-refractivity contribution < 1.29 is 40.9 Å². The molecule has 40 heavy (non-hydrogen) atoms. The van der Waals surface area contributed by atoms with Crippen molar-refractivity contribution in [2.24, 2.45) is 0 Å². The monoisotopic (exact) mass is 538 g/mol. The van der Waals surface area contributed by atoms with Gasteiger partial charge in [-0.15, -0.1) is 0 Å². The Labute approximate surface area is 229 Å². The van der Waals surface area contributed by atoms with E-state index in [2.05, 4.69) is 0 Å². The molecule has 0 amide bonds. The molecule has 5 rings (SSSR count). The molecule has 202 valence electrons. The first-order chi connectivity index (χ1) is 19.1. The Morgan fingerprint density at radius 2 is 0.450 bits per heavy atom. The van der Waals surface area contributed by atoms with E-state index in [0.29, 0.717) is 22.3 Å². The third kappa shape index (κ3) is 4.98. The van der Waals surface area contributed by atoms with Gasteiger partial charge in [-0.25, -0.2) is 0 Å². The van der Waals surface area contributed by atoms with Crippen LogP contribution in [0.4, 0.5) is 0 Å². The maximum atomic E-state index is 10.2. The third-order valence-corrected chi connectivity index (χ3v) is 6.93. The molecule has 0 radical (unpaired) electrons. The highest BCUT2D eigenvalue weighted by molar-refractivity contribution is 5.55. The van der Waals surface area contributed by atoms with Crippen molar-refractivity contribution in [2.45, 2.75) is 11.8 Å². The molecular formula is C32H26O8. The van der Waals surface area contributed by atoms with E-state index in [1.165, 1.54) is 48.5 Å². The quantitative estimate of drug-likeness (QED) is 0.101. The number of hydrogen-bond donors (Lipinski definition) is 8. The van der Waals surface area contributed by atoms with Crippen molar-refractivity contribution in [1.82, 2.24) is 0 Å². The summed E-state index contributed by atoms with van der Waals surface area (Å²) < 4.78 is 0. The Morgan fingerprint density at radius 3 is 0.650 bits per heavy atom. The van der Waals surface area contributed by atoms with Gasteiger partial charge in [-0.3, -0.25) is 0 Å². The second kappa shape index (κ2) is 10.3. The lowest BCUT2D eigenvalue weighted by Crippen LogP contribution is -2.06. The van der Waals surface area contributed by atoms with Crippen molar-refractivity contribution in [3.63, 3.8) is 0 Å². The fourth-order valence-corrected chi connectivity index (χ4v) is 4.92. The first-order valence-electron chi connectivity index (χ1n) is 12.3. The van der Waals surface area contributed by atoms with Crippen molar-refractivity contribution in [3.05, 3.63) is 130 Å². The molecule has 0 unspecified atom stereocenters. The third-order valence-electron chi connectivity index (χ3n) is 6.93. The first-order valence-corrected chi connectivity index (χ1v) is 12.3. The molecule has 0 bridgehead atoms. The Kier molecular flexibility index (Phi) is 6.75. The minimum atomic E-state index is -0.499. The molecule has 0 spiro atoms. The zero-order valence-electron chi connectivity index (χ0n) is 21.0. The summed E-state index contributed by atoms with van der Waals surface area (Å²) in [5, 5.41) is 80.1. The standard InChI is InChI=1S/C32H26O8/c33-23-9-5-19(13-27(23)37)31(20-6-10-24(34)28(38)14-20)17-1-2-18(4-3-17)32(21-7-11-25(35)29(39)15-21)22-8-12-26(36)30(40)16-22/h1-16,31-40H. The van der Waals surface area contributed by atoms with E-state index in [1.807, 2.05) is 24.3 Å². The van der Waals surface area contributed by atoms with Crippen LogP contribution in [0, 0.1) is 0 Å². The minimum absolute atomic E-state index is 0.274. The Balaban J connectivity index is 1.63. The van der Waals surface area contributed by atoms with Crippen LogP contribution in [0.3, 0.4) is 0 Å². The molecule has 0 saturated carbocycles. The van der Waals surface area contributed by atoms with E-state index in [1.54, 1.807) is 24.3 Å². The molecule has 8 heteroatoms. The van der Waals surface area contributed by atoms with Crippen LogP contribution < -0.4 is 0 Å². The molecule has 5 aromatic carbocycles. The Bertz CT molecular complexity index is 1470. The van der Waals surface area contributed by atoms with Crippen LogP contribution >= 0.6 is 0 Å². The number of hydrogen-bond acceptors (Lipinski definition) is 8. The van der Waals surface area contributed by atoms with Gasteiger partial charge in [0.05, 0.1) is 0 Å².